The van der Waals surface area contributed by atoms with E-state index in [1.165, 1.54) is 10.4 Å². The number of nitrogens with zero attached hydrogens (tertiary/aromatic N) is 2. The van der Waals surface area contributed by atoms with E-state index in [4.69, 9.17) is 0 Å². The monoisotopic (exact) mass is 392 g/mol. The van der Waals surface area contributed by atoms with Gasteiger partial charge in [-0.15, -0.1) is 11.3 Å². The zero-order chi connectivity index (χ0) is 16.2. The maximum Gasteiger partial charge on any atom is 0.191 e. The second-order valence-corrected chi connectivity index (χ2v) is 7.76. The average molecular weight is 393 g/mol. The third-order valence-corrected chi connectivity index (χ3v) is 5.66. The van der Waals surface area contributed by atoms with Crippen LogP contribution in [0, 0.1) is 0 Å². The number of hydrogen-bond donors (Lipinski definition) is 2. The van der Waals surface area contributed by atoms with Crippen molar-refractivity contribution in [3.8, 4) is 0 Å². The van der Waals surface area contributed by atoms with Gasteiger partial charge >= 0.3 is 0 Å². The van der Waals surface area contributed by atoms with Crippen LogP contribution in [-0.4, -0.2) is 24.0 Å². The normalized spacial score (nSPS) is 20.4. The highest BCUT2D eigenvalue weighted by atomic mass is 79.9. The first-order chi connectivity index (χ1) is 11.2. The molecular formula is C17H21BrN4S. The van der Waals surface area contributed by atoms with Gasteiger partial charge in [-0.05, 0) is 30.5 Å². The topological polar surface area (TPSA) is 49.3 Å². The molecule has 1 fully saturated rings. The SMILES string of the molecule is CCc1cnc(CNC(=NC)NC2CC2c2ccc(Br)cc2)s1. The van der Waals surface area contributed by atoms with Crippen LogP contribution in [0.5, 0.6) is 0 Å². The van der Waals surface area contributed by atoms with Crippen molar-refractivity contribution in [3.05, 3.63) is 50.4 Å². The third kappa shape index (κ3) is 4.32. The van der Waals surface area contributed by atoms with Crippen LogP contribution < -0.4 is 10.6 Å². The van der Waals surface area contributed by atoms with Crippen LogP contribution in [0.3, 0.4) is 0 Å². The molecule has 122 valence electrons. The minimum atomic E-state index is 0.463. The predicted molar refractivity (Wildman–Crippen MR) is 100 cm³/mol. The van der Waals surface area contributed by atoms with Crippen LogP contribution >= 0.6 is 27.3 Å². The fraction of sp³-hybridized carbons (Fsp3) is 0.412. The van der Waals surface area contributed by atoms with E-state index in [2.05, 4.69) is 67.7 Å². The molecule has 2 unspecified atom stereocenters. The second-order valence-electron chi connectivity index (χ2n) is 5.64. The first kappa shape index (κ1) is 16.5. The van der Waals surface area contributed by atoms with Crippen molar-refractivity contribution in [2.75, 3.05) is 7.05 Å². The number of guanidine groups is 1. The molecule has 2 aromatic rings. The van der Waals surface area contributed by atoms with Crippen molar-refractivity contribution < 1.29 is 0 Å². The van der Waals surface area contributed by atoms with Gasteiger partial charge in [-0.2, -0.15) is 0 Å². The first-order valence-corrected chi connectivity index (χ1v) is 9.46. The summed E-state index contributed by atoms with van der Waals surface area (Å²) >= 11 is 5.24. The Hall–Kier alpha value is -1.40. The Bertz CT molecular complexity index is 680. The molecule has 0 spiro atoms. The standard InChI is InChI=1S/C17H21BrN4S/c1-3-13-9-20-16(23-13)10-21-17(19-2)22-15-8-14(15)11-4-6-12(18)7-5-11/h4-7,9,14-15H,3,8,10H2,1-2H3,(H2,19,21,22). The van der Waals surface area contributed by atoms with E-state index in [0.29, 0.717) is 12.0 Å². The lowest BCUT2D eigenvalue weighted by Gasteiger charge is -2.10. The van der Waals surface area contributed by atoms with Crippen molar-refractivity contribution in [1.29, 1.82) is 0 Å². The zero-order valence-electron chi connectivity index (χ0n) is 13.3. The molecule has 0 bridgehead atoms. The van der Waals surface area contributed by atoms with Gasteiger partial charge in [0, 0.05) is 34.6 Å². The van der Waals surface area contributed by atoms with Gasteiger partial charge in [0.15, 0.2) is 5.96 Å². The molecule has 1 aromatic carbocycles. The molecule has 0 amide bonds. The Balaban J connectivity index is 1.50. The summed E-state index contributed by atoms with van der Waals surface area (Å²) in [5, 5.41) is 7.96. The molecule has 0 saturated heterocycles. The summed E-state index contributed by atoms with van der Waals surface area (Å²) in [5.41, 5.74) is 1.38. The van der Waals surface area contributed by atoms with E-state index in [1.54, 1.807) is 11.3 Å². The number of benzene rings is 1. The van der Waals surface area contributed by atoms with Gasteiger partial charge in [-0.1, -0.05) is 35.0 Å². The summed E-state index contributed by atoms with van der Waals surface area (Å²) in [7, 11) is 1.81. The average Bonchev–Trinajstić information content (AvgIpc) is 3.18. The minimum Gasteiger partial charge on any atom is -0.353 e. The number of aromatic nitrogens is 1. The maximum atomic E-state index is 4.43. The summed E-state index contributed by atoms with van der Waals surface area (Å²) in [6, 6.07) is 9.05. The molecule has 1 aromatic heterocycles. The summed E-state index contributed by atoms with van der Waals surface area (Å²) < 4.78 is 1.12. The molecule has 1 heterocycles. The van der Waals surface area contributed by atoms with E-state index < -0.39 is 0 Å². The van der Waals surface area contributed by atoms with Gasteiger partial charge in [0.05, 0.1) is 6.54 Å². The van der Waals surface area contributed by atoms with Gasteiger partial charge in [0.25, 0.3) is 0 Å². The number of aliphatic imine (C=N–C) groups is 1. The molecule has 0 aliphatic heterocycles. The van der Waals surface area contributed by atoms with Crippen molar-refractivity contribution in [1.82, 2.24) is 15.6 Å². The molecule has 0 radical (unpaired) electrons. The predicted octanol–water partition coefficient (Wildman–Crippen LogP) is 3.69. The third-order valence-electron chi connectivity index (χ3n) is 3.99. The molecule has 1 aliphatic carbocycles. The minimum absolute atomic E-state index is 0.463. The summed E-state index contributed by atoms with van der Waals surface area (Å²) in [4.78, 5) is 10.1. The number of rotatable bonds is 5. The smallest absolute Gasteiger partial charge is 0.191 e. The lowest BCUT2D eigenvalue weighted by molar-refractivity contribution is 0.787. The van der Waals surface area contributed by atoms with E-state index >= 15 is 0 Å². The van der Waals surface area contributed by atoms with Gasteiger partial charge in [-0.25, -0.2) is 4.98 Å². The quantitative estimate of drug-likeness (QED) is 0.602. The molecule has 2 atom stereocenters. The van der Waals surface area contributed by atoms with Crippen LogP contribution in [0.4, 0.5) is 0 Å². The Morgan fingerprint density at radius 1 is 1.39 bits per heavy atom. The molecule has 1 aliphatic rings. The Labute approximate surface area is 149 Å². The molecular weight excluding hydrogens is 372 g/mol. The summed E-state index contributed by atoms with van der Waals surface area (Å²) in [6.07, 6.45) is 4.16. The fourth-order valence-electron chi connectivity index (χ4n) is 2.56. The van der Waals surface area contributed by atoms with Crippen molar-refractivity contribution in [3.63, 3.8) is 0 Å². The number of hydrogen-bond acceptors (Lipinski definition) is 3. The van der Waals surface area contributed by atoms with E-state index in [0.717, 1.165) is 34.8 Å². The van der Waals surface area contributed by atoms with E-state index in [-0.39, 0.29) is 0 Å². The number of thiazole rings is 1. The van der Waals surface area contributed by atoms with Gasteiger partial charge in [0.1, 0.15) is 5.01 Å². The summed E-state index contributed by atoms with van der Waals surface area (Å²) in [5.74, 6) is 1.43. The Morgan fingerprint density at radius 3 is 2.83 bits per heavy atom. The van der Waals surface area contributed by atoms with E-state index in [9.17, 15) is 0 Å². The largest absolute Gasteiger partial charge is 0.353 e. The van der Waals surface area contributed by atoms with E-state index in [1.807, 2.05) is 13.2 Å². The molecule has 1 saturated carbocycles. The van der Waals surface area contributed by atoms with Crippen LogP contribution in [0.1, 0.15) is 34.7 Å². The highest BCUT2D eigenvalue weighted by Gasteiger charge is 2.38. The molecule has 6 heteroatoms. The number of nitrogens with one attached hydrogen (secondary N) is 2. The Morgan fingerprint density at radius 2 is 2.17 bits per heavy atom. The molecule has 4 nitrogen and oxygen atoms in total. The van der Waals surface area contributed by atoms with Gasteiger partial charge in [0.2, 0.25) is 0 Å². The fourth-order valence-corrected chi connectivity index (χ4v) is 3.62. The van der Waals surface area contributed by atoms with Crippen molar-refractivity contribution >= 4 is 33.2 Å². The number of halogens is 1. The lowest BCUT2D eigenvalue weighted by atomic mass is 10.1. The molecule has 2 N–H and O–H groups in total. The van der Waals surface area contributed by atoms with Crippen LogP contribution in [0.15, 0.2) is 39.9 Å². The molecule has 23 heavy (non-hydrogen) atoms. The maximum absolute atomic E-state index is 4.43. The highest BCUT2D eigenvalue weighted by Crippen LogP contribution is 2.40. The lowest BCUT2D eigenvalue weighted by Crippen LogP contribution is -2.38. The van der Waals surface area contributed by atoms with Crippen LogP contribution in [-0.2, 0) is 13.0 Å². The zero-order valence-corrected chi connectivity index (χ0v) is 15.7. The van der Waals surface area contributed by atoms with Crippen LogP contribution in [0.2, 0.25) is 0 Å². The summed E-state index contributed by atoms with van der Waals surface area (Å²) in [6.45, 7) is 2.88. The van der Waals surface area contributed by atoms with Crippen molar-refractivity contribution in [2.45, 2.75) is 38.3 Å². The number of aryl methyl sites for hydroxylation is 1. The Kier molecular flexibility index (Phi) is 5.33. The van der Waals surface area contributed by atoms with Crippen LogP contribution in [0.25, 0.3) is 0 Å². The van der Waals surface area contributed by atoms with Gasteiger partial charge < -0.3 is 10.6 Å². The second kappa shape index (κ2) is 7.45. The van der Waals surface area contributed by atoms with Crippen molar-refractivity contribution in [2.24, 2.45) is 4.99 Å². The molecule has 3 rings (SSSR count). The van der Waals surface area contributed by atoms with Gasteiger partial charge in [-0.3, -0.25) is 4.99 Å². The first-order valence-electron chi connectivity index (χ1n) is 7.85. The highest BCUT2D eigenvalue weighted by molar-refractivity contribution is 9.10.